The molecule has 3 heterocycles. The number of aliphatic hydroxyl groups is 3. The molecule has 258 valence electrons. The summed E-state index contributed by atoms with van der Waals surface area (Å²) >= 11 is 0. The summed E-state index contributed by atoms with van der Waals surface area (Å²) in [5.41, 5.74) is 1.77. The van der Waals surface area contributed by atoms with Gasteiger partial charge in [0.1, 0.15) is 31.0 Å². The Labute approximate surface area is 275 Å². The molecular weight excluding hydrogens is 632 g/mol. The van der Waals surface area contributed by atoms with Crippen molar-refractivity contribution in [2.24, 2.45) is 11.8 Å². The Morgan fingerprint density at radius 1 is 0.708 bits per heavy atom. The molecule has 3 fully saturated rings. The molecule has 48 heavy (non-hydrogen) atoms. The smallest absolute Gasteiger partial charge is 0.338 e. The monoisotopic (exact) mass is 670 g/mol. The third kappa shape index (κ3) is 6.42. The zero-order chi connectivity index (χ0) is 34.1. The normalized spacial score (nSPS) is 29.6. The van der Waals surface area contributed by atoms with Gasteiger partial charge in [-0.1, -0.05) is 12.1 Å². The molecule has 9 atom stereocenters. The molecule has 0 radical (unpaired) electrons. The number of ether oxygens (including phenoxy) is 8. The van der Waals surface area contributed by atoms with Crippen molar-refractivity contribution in [2.75, 3.05) is 41.2 Å². The molecule has 0 unspecified atom stereocenters. The minimum absolute atomic E-state index is 0.0394. The van der Waals surface area contributed by atoms with Gasteiger partial charge in [-0.15, -0.1) is 0 Å². The van der Waals surface area contributed by atoms with Crippen LogP contribution in [0.4, 0.5) is 0 Å². The van der Waals surface area contributed by atoms with Crippen molar-refractivity contribution < 1.29 is 68.2 Å². The van der Waals surface area contributed by atoms with Gasteiger partial charge in [-0.3, -0.25) is 0 Å². The molecule has 0 bridgehead atoms. The third-order valence-electron chi connectivity index (χ3n) is 9.02. The maximum absolute atomic E-state index is 12.6. The van der Waals surface area contributed by atoms with Gasteiger partial charge in [0.2, 0.25) is 6.29 Å². The van der Waals surface area contributed by atoms with Crippen LogP contribution in [0.2, 0.25) is 0 Å². The standard InChI is InChI=1S/C34H38O14/c1-41-24-10-16(4-7-21(24)35)31-19-13-45-32(20(19)14-44-31)17-6-9-23(26(11-17)43-3)47-34-30(39)29(38)28(37)27(48-34)15-46-33(40)18-5-8-22(36)25(12-18)42-2/h4-12,19-20,27-32,34-39H,13-15H2,1-3H3/t19-,20-,27+,28+,29-,30+,31+,32+,34+/m0/s1. The summed E-state index contributed by atoms with van der Waals surface area (Å²) in [5.74, 6) is 0.128. The van der Waals surface area contributed by atoms with Crippen molar-refractivity contribution >= 4 is 5.97 Å². The van der Waals surface area contributed by atoms with E-state index in [4.69, 9.17) is 37.9 Å². The zero-order valence-corrected chi connectivity index (χ0v) is 26.4. The number of fused-ring (bicyclic) bond motifs is 1. The second-order valence-corrected chi connectivity index (χ2v) is 11.8. The SMILES string of the molecule is COc1cc(C(=O)OC[C@H]2O[C@@H](Oc3ccc([C@H]4OC[C@H]5[C@@H]4CO[C@@H]5c4ccc(O)c(OC)c4)cc3OC)[C@H](O)[C@@H](O)[C@@H]2O)ccc1O. The number of rotatable bonds is 10. The molecule has 0 saturated carbocycles. The van der Waals surface area contributed by atoms with E-state index in [1.807, 2.05) is 6.07 Å². The van der Waals surface area contributed by atoms with Gasteiger partial charge in [0, 0.05) is 11.8 Å². The quantitative estimate of drug-likeness (QED) is 0.197. The van der Waals surface area contributed by atoms with Gasteiger partial charge in [0.25, 0.3) is 0 Å². The van der Waals surface area contributed by atoms with Crippen molar-refractivity contribution in [3.05, 3.63) is 71.3 Å². The number of carbonyl (C=O) groups excluding carboxylic acids is 1. The molecule has 3 saturated heterocycles. The fourth-order valence-corrected chi connectivity index (χ4v) is 6.39. The highest BCUT2D eigenvalue weighted by Crippen LogP contribution is 2.51. The Bertz CT molecular complexity index is 1610. The molecule has 3 aliphatic rings. The van der Waals surface area contributed by atoms with Gasteiger partial charge in [-0.2, -0.15) is 0 Å². The van der Waals surface area contributed by atoms with Gasteiger partial charge >= 0.3 is 5.97 Å². The lowest BCUT2D eigenvalue weighted by Gasteiger charge is -2.40. The van der Waals surface area contributed by atoms with Crippen LogP contribution in [0.5, 0.6) is 34.5 Å². The molecule has 0 spiro atoms. The Balaban J connectivity index is 1.12. The van der Waals surface area contributed by atoms with E-state index in [0.717, 1.165) is 11.1 Å². The number of esters is 1. The van der Waals surface area contributed by atoms with Crippen molar-refractivity contribution in [1.82, 2.24) is 0 Å². The first-order valence-electron chi connectivity index (χ1n) is 15.3. The summed E-state index contributed by atoms with van der Waals surface area (Å²) < 4.78 is 45.3. The average molecular weight is 671 g/mol. The molecule has 3 aromatic carbocycles. The largest absolute Gasteiger partial charge is 0.504 e. The maximum Gasteiger partial charge on any atom is 0.338 e. The summed E-state index contributed by atoms with van der Waals surface area (Å²) in [6.45, 7) is 0.432. The highest BCUT2D eigenvalue weighted by molar-refractivity contribution is 5.90. The van der Waals surface area contributed by atoms with Crippen molar-refractivity contribution in [2.45, 2.75) is 42.9 Å². The third-order valence-corrected chi connectivity index (χ3v) is 9.02. The summed E-state index contributed by atoms with van der Waals surface area (Å²) in [7, 11) is 4.28. The molecule has 5 N–H and O–H groups in total. The first-order valence-corrected chi connectivity index (χ1v) is 15.3. The van der Waals surface area contributed by atoms with Gasteiger partial charge in [-0.25, -0.2) is 4.79 Å². The number of methoxy groups -OCH3 is 3. The Morgan fingerprint density at radius 2 is 1.27 bits per heavy atom. The lowest BCUT2D eigenvalue weighted by molar-refractivity contribution is -0.277. The van der Waals surface area contributed by atoms with Gasteiger partial charge in [-0.05, 0) is 53.6 Å². The van der Waals surface area contributed by atoms with E-state index in [-0.39, 0.29) is 52.6 Å². The number of aromatic hydroxyl groups is 2. The number of carbonyl (C=O) groups is 1. The van der Waals surface area contributed by atoms with Crippen LogP contribution >= 0.6 is 0 Å². The number of phenolic OH excluding ortho intramolecular Hbond substituents is 2. The van der Waals surface area contributed by atoms with Crippen LogP contribution in [0.1, 0.15) is 33.7 Å². The van der Waals surface area contributed by atoms with E-state index in [0.29, 0.717) is 24.7 Å². The number of hydrogen-bond acceptors (Lipinski definition) is 14. The molecule has 3 aliphatic heterocycles. The topological polar surface area (TPSA) is 192 Å². The Hall–Kier alpha value is -4.31. The highest BCUT2D eigenvalue weighted by Gasteiger charge is 2.49. The second-order valence-electron chi connectivity index (χ2n) is 11.8. The number of aliphatic hydroxyl groups excluding tert-OH is 3. The van der Waals surface area contributed by atoms with Crippen LogP contribution in [0.15, 0.2) is 54.6 Å². The van der Waals surface area contributed by atoms with Crippen molar-refractivity contribution in [3.8, 4) is 34.5 Å². The molecule has 14 heteroatoms. The number of benzene rings is 3. The Morgan fingerprint density at radius 3 is 1.90 bits per heavy atom. The van der Waals surface area contributed by atoms with Crippen LogP contribution in [-0.4, -0.2) is 103 Å². The van der Waals surface area contributed by atoms with Crippen LogP contribution < -0.4 is 18.9 Å². The summed E-state index contributed by atoms with van der Waals surface area (Å²) in [4.78, 5) is 12.6. The van der Waals surface area contributed by atoms with Gasteiger partial charge in [0.15, 0.2) is 34.5 Å². The molecule has 0 aliphatic carbocycles. The van der Waals surface area contributed by atoms with E-state index >= 15 is 0 Å². The molecular formula is C34H38O14. The van der Waals surface area contributed by atoms with Crippen molar-refractivity contribution in [3.63, 3.8) is 0 Å². The molecule has 0 aromatic heterocycles. The van der Waals surface area contributed by atoms with E-state index < -0.39 is 43.3 Å². The van der Waals surface area contributed by atoms with Crippen LogP contribution in [0, 0.1) is 11.8 Å². The fourth-order valence-electron chi connectivity index (χ4n) is 6.39. The van der Waals surface area contributed by atoms with Crippen LogP contribution in [-0.2, 0) is 18.9 Å². The highest BCUT2D eigenvalue weighted by atomic mass is 16.7. The summed E-state index contributed by atoms with van der Waals surface area (Å²) in [5, 5.41) is 51.6. The van der Waals surface area contributed by atoms with Gasteiger partial charge < -0.3 is 63.4 Å². The van der Waals surface area contributed by atoms with Crippen LogP contribution in [0.25, 0.3) is 0 Å². The Kier molecular flexibility index (Phi) is 9.83. The summed E-state index contributed by atoms with van der Waals surface area (Å²) in [6, 6.07) is 14.2. The van der Waals surface area contributed by atoms with E-state index in [9.17, 15) is 30.3 Å². The van der Waals surface area contributed by atoms with E-state index in [1.54, 1.807) is 30.3 Å². The first-order chi connectivity index (χ1) is 23.1. The van der Waals surface area contributed by atoms with Gasteiger partial charge in [0.05, 0.1) is 52.3 Å². The summed E-state index contributed by atoms with van der Waals surface area (Å²) in [6.07, 6.45) is -8.18. The van der Waals surface area contributed by atoms with Crippen LogP contribution in [0.3, 0.4) is 0 Å². The second kappa shape index (κ2) is 14.0. The average Bonchev–Trinajstić information content (AvgIpc) is 3.71. The maximum atomic E-state index is 12.6. The molecule has 0 amide bonds. The predicted octanol–water partition coefficient (Wildman–Crippen LogP) is 2.24. The lowest BCUT2D eigenvalue weighted by atomic mass is 9.85. The minimum atomic E-state index is -1.68. The lowest BCUT2D eigenvalue weighted by Crippen LogP contribution is -2.60. The number of phenols is 2. The van der Waals surface area contributed by atoms with E-state index in [1.165, 1.54) is 39.5 Å². The molecule has 6 rings (SSSR count). The number of hydrogen-bond donors (Lipinski definition) is 5. The zero-order valence-electron chi connectivity index (χ0n) is 26.4. The molecule has 14 nitrogen and oxygen atoms in total. The van der Waals surface area contributed by atoms with E-state index in [2.05, 4.69) is 0 Å². The minimum Gasteiger partial charge on any atom is -0.504 e. The first kappa shape index (κ1) is 33.6. The van der Waals surface area contributed by atoms with Crippen molar-refractivity contribution in [1.29, 1.82) is 0 Å². The fraction of sp³-hybridized carbons (Fsp3) is 0.441. The molecule has 3 aromatic rings. The predicted molar refractivity (Wildman–Crippen MR) is 164 cm³/mol.